The van der Waals surface area contributed by atoms with Crippen LogP contribution in [0.15, 0.2) is 0 Å². The molecule has 0 amide bonds. The van der Waals surface area contributed by atoms with Gasteiger partial charge in [0.2, 0.25) is 0 Å². The van der Waals surface area contributed by atoms with Crippen molar-refractivity contribution in [1.29, 1.82) is 0 Å². The van der Waals surface area contributed by atoms with Crippen LogP contribution >= 0.6 is 17.7 Å². The molecule has 3 heteroatoms. The number of hydrogen-bond donors (Lipinski definition) is 0. The summed E-state index contributed by atoms with van der Waals surface area (Å²) in [5.41, 5.74) is 0. The van der Waals surface area contributed by atoms with E-state index in [0.29, 0.717) is 0 Å². The molecule has 0 N–H and O–H groups in total. The molecule has 2 atom stereocenters. The Morgan fingerprint density at radius 3 is 2.78 bits per heavy atom. The van der Waals surface area contributed by atoms with Crippen LogP contribution in [0.5, 0.6) is 0 Å². The third kappa shape index (κ3) is 1.78. The van der Waals surface area contributed by atoms with Gasteiger partial charge in [-0.25, -0.2) is 0 Å². The number of hydrogen-bond acceptors (Lipinski definition) is 2. The Kier molecular flexibility index (Phi) is 1.94. The molecular weight excluding hydrogens is 151 g/mol. The molecule has 1 nitrogen and oxygen atoms in total. The lowest BCUT2D eigenvalue weighted by Crippen LogP contribution is -1.88. The van der Waals surface area contributed by atoms with Gasteiger partial charge in [-0.3, -0.25) is 0 Å². The Hall–Kier alpha value is 0.140. The highest BCUT2D eigenvalue weighted by Gasteiger charge is 2.29. The molecule has 0 saturated carbocycles. The van der Waals surface area contributed by atoms with Crippen molar-refractivity contribution in [2.24, 2.45) is 0 Å². The van der Waals surface area contributed by atoms with Gasteiger partial charge in [0.15, 0.2) is 0 Å². The van der Waals surface area contributed by atoms with Crippen LogP contribution in [0.1, 0.15) is 6.42 Å². The van der Waals surface area contributed by atoms with Crippen molar-refractivity contribution < 1.29 is 4.57 Å². The predicted octanol–water partition coefficient (Wildman–Crippen LogP) is 2.03. The van der Waals surface area contributed by atoms with Gasteiger partial charge in [0, 0.05) is 6.16 Å². The second kappa shape index (κ2) is 2.40. The van der Waals surface area contributed by atoms with Crippen molar-refractivity contribution in [2.75, 3.05) is 12.8 Å². The zero-order valence-electron chi connectivity index (χ0n) is 5.33. The minimum Gasteiger partial charge on any atom is -0.312 e. The number of terminal acetylenes is 1. The van der Waals surface area contributed by atoms with E-state index in [2.05, 4.69) is 5.92 Å². The zero-order valence-corrected chi connectivity index (χ0v) is 7.04. The Morgan fingerprint density at radius 2 is 2.56 bits per heavy atom. The van der Waals surface area contributed by atoms with E-state index in [1.54, 1.807) is 0 Å². The lowest BCUT2D eigenvalue weighted by Gasteiger charge is -1.98. The molecule has 1 heterocycles. The highest BCUT2D eigenvalue weighted by atomic mass is 32.7. The fraction of sp³-hybridized carbons (Fsp3) is 0.667. The quantitative estimate of drug-likeness (QED) is 0.398. The largest absolute Gasteiger partial charge is 0.312 e. The van der Waals surface area contributed by atoms with Crippen LogP contribution in [-0.2, 0) is 4.57 Å². The first-order valence-electron chi connectivity index (χ1n) is 2.85. The maximum Gasteiger partial charge on any atom is 0.137 e. The fourth-order valence-corrected chi connectivity index (χ4v) is 5.42. The topological polar surface area (TPSA) is 17.1 Å². The monoisotopic (exact) mass is 160 g/mol. The van der Waals surface area contributed by atoms with Crippen molar-refractivity contribution in [3.63, 3.8) is 0 Å². The maximum atomic E-state index is 11.3. The molecule has 1 aliphatic rings. The first-order valence-corrected chi connectivity index (χ1v) is 6.67. The third-order valence-electron chi connectivity index (χ3n) is 1.33. The summed E-state index contributed by atoms with van der Waals surface area (Å²) < 4.78 is 11.3. The Labute approximate surface area is 59.7 Å². The van der Waals surface area contributed by atoms with Gasteiger partial charge in [0.1, 0.15) is 6.34 Å². The molecule has 0 aromatic rings. The smallest absolute Gasteiger partial charge is 0.137 e. The lowest BCUT2D eigenvalue weighted by atomic mass is 10.3. The number of rotatable bonds is 0. The van der Waals surface area contributed by atoms with Crippen molar-refractivity contribution in [1.82, 2.24) is 0 Å². The molecule has 1 rings (SSSR count). The second-order valence-electron chi connectivity index (χ2n) is 2.29. The van der Waals surface area contributed by atoms with Gasteiger partial charge < -0.3 is 4.57 Å². The molecule has 0 aliphatic carbocycles. The Bertz CT molecular complexity index is 194. The van der Waals surface area contributed by atoms with E-state index >= 15 is 0 Å². The summed E-state index contributed by atoms with van der Waals surface area (Å²) in [6, 6.07) is 0. The summed E-state index contributed by atoms with van der Waals surface area (Å²) in [7, 11) is 0. The highest BCUT2D eigenvalue weighted by molar-refractivity contribution is 8.58. The van der Waals surface area contributed by atoms with Gasteiger partial charge in [0.05, 0.1) is 5.25 Å². The molecule has 0 spiro atoms. The normalized spacial score (nSPS) is 42.4. The van der Waals surface area contributed by atoms with Gasteiger partial charge in [-0.1, -0.05) is 17.3 Å². The van der Waals surface area contributed by atoms with E-state index in [0.717, 1.165) is 12.6 Å². The maximum absolute atomic E-state index is 11.3. The predicted molar refractivity (Wildman–Crippen MR) is 43.2 cm³/mol. The van der Waals surface area contributed by atoms with Crippen LogP contribution in [0.3, 0.4) is 0 Å². The SMILES string of the molecule is C#CC1CCP(C)(=O)S1. The van der Waals surface area contributed by atoms with Crippen molar-refractivity contribution >= 4 is 17.7 Å². The average molecular weight is 160 g/mol. The minimum atomic E-state index is -1.84. The van der Waals surface area contributed by atoms with E-state index in [4.69, 9.17) is 6.42 Å². The van der Waals surface area contributed by atoms with Crippen molar-refractivity contribution in [3.05, 3.63) is 0 Å². The molecular formula is C6H9OPS. The third-order valence-corrected chi connectivity index (χ3v) is 6.13. The van der Waals surface area contributed by atoms with Crippen LogP contribution in [0.4, 0.5) is 0 Å². The molecule has 50 valence electrons. The Morgan fingerprint density at radius 1 is 1.89 bits per heavy atom. The summed E-state index contributed by atoms with van der Waals surface area (Å²) in [5.74, 6) is 2.61. The minimum absolute atomic E-state index is 0.223. The molecule has 1 aliphatic heterocycles. The summed E-state index contributed by atoms with van der Waals surface area (Å²) in [6.45, 7) is 1.81. The second-order valence-corrected chi connectivity index (χ2v) is 8.49. The van der Waals surface area contributed by atoms with E-state index in [9.17, 15) is 4.57 Å². The molecule has 0 radical (unpaired) electrons. The molecule has 0 bridgehead atoms. The lowest BCUT2D eigenvalue weighted by molar-refractivity contribution is 0.588. The van der Waals surface area contributed by atoms with Gasteiger partial charge in [-0.2, -0.15) is 0 Å². The van der Waals surface area contributed by atoms with E-state index in [-0.39, 0.29) is 5.25 Å². The first-order chi connectivity index (χ1) is 4.14. The first kappa shape index (κ1) is 7.25. The van der Waals surface area contributed by atoms with Crippen LogP contribution in [0.25, 0.3) is 0 Å². The highest BCUT2D eigenvalue weighted by Crippen LogP contribution is 2.63. The molecule has 2 unspecified atom stereocenters. The van der Waals surface area contributed by atoms with Crippen LogP contribution in [0.2, 0.25) is 0 Å². The average Bonchev–Trinajstić information content (AvgIpc) is 2.10. The molecule has 1 saturated heterocycles. The van der Waals surface area contributed by atoms with Gasteiger partial charge in [-0.05, 0) is 13.1 Å². The standard InChI is InChI=1S/C6H9OPS/c1-3-6-4-5-8(2,7)9-6/h1,6H,4-5H2,2H3. The van der Waals surface area contributed by atoms with E-state index < -0.39 is 6.34 Å². The fourth-order valence-electron chi connectivity index (χ4n) is 0.840. The van der Waals surface area contributed by atoms with Crippen LogP contribution in [-0.4, -0.2) is 18.1 Å². The summed E-state index contributed by atoms with van der Waals surface area (Å²) in [4.78, 5) is 0. The van der Waals surface area contributed by atoms with Gasteiger partial charge >= 0.3 is 0 Å². The van der Waals surface area contributed by atoms with E-state index in [1.807, 2.05) is 6.66 Å². The van der Waals surface area contributed by atoms with Gasteiger partial charge in [-0.15, -0.1) is 6.42 Å². The zero-order chi connectivity index (χ0) is 6.91. The molecule has 9 heavy (non-hydrogen) atoms. The van der Waals surface area contributed by atoms with Crippen molar-refractivity contribution in [3.8, 4) is 12.3 Å². The molecule has 0 aromatic carbocycles. The molecule has 1 fully saturated rings. The van der Waals surface area contributed by atoms with Crippen LogP contribution < -0.4 is 0 Å². The van der Waals surface area contributed by atoms with Crippen molar-refractivity contribution in [2.45, 2.75) is 11.7 Å². The molecule has 0 aromatic heterocycles. The summed E-state index contributed by atoms with van der Waals surface area (Å²) in [6.07, 6.45) is 5.09. The van der Waals surface area contributed by atoms with Gasteiger partial charge in [0.25, 0.3) is 0 Å². The van der Waals surface area contributed by atoms with E-state index in [1.165, 1.54) is 11.4 Å². The Balaban J connectivity index is 2.60. The summed E-state index contributed by atoms with van der Waals surface area (Å²) >= 11 is 1.49. The summed E-state index contributed by atoms with van der Waals surface area (Å²) in [5, 5.41) is 0.223. The van der Waals surface area contributed by atoms with Crippen LogP contribution in [0, 0.1) is 12.3 Å².